The Hall–Kier alpha value is -1.81. The number of aryl methyl sites for hydroxylation is 1. The molecule has 0 atom stereocenters. The third kappa shape index (κ3) is 4.41. The Labute approximate surface area is 113 Å². The summed E-state index contributed by atoms with van der Waals surface area (Å²) in [5.41, 5.74) is 2.08. The minimum Gasteiger partial charge on any atom is -0.486 e. The molecule has 4 nitrogen and oxygen atoms in total. The smallest absolute Gasteiger partial charge is 0.174 e. The zero-order chi connectivity index (χ0) is 13.7. The SMILES string of the molecule is Cc1cccc(OCc2cc(CNC(C)C)no2)c1. The van der Waals surface area contributed by atoms with Crippen molar-refractivity contribution in [1.29, 1.82) is 0 Å². The van der Waals surface area contributed by atoms with Crippen molar-refractivity contribution in [3.63, 3.8) is 0 Å². The van der Waals surface area contributed by atoms with Crippen LogP contribution >= 0.6 is 0 Å². The second-order valence-corrected chi connectivity index (χ2v) is 4.93. The van der Waals surface area contributed by atoms with Crippen LogP contribution in [0.25, 0.3) is 0 Å². The van der Waals surface area contributed by atoms with Crippen molar-refractivity contribution in [2.24, 2.45) is 0 Å². The van der Waals surface area contributed by atoms with Gasteiger partial charge in [0.1, 0.15) is 12.4 Å². The van der Waals surface area contributed by atoms with Crippen LogP contribution in [0.2, 0.25) is 0 Å². The summed E-state index contributed by atoms with van der Waals surface area (Å²) < 4.78 is 10.9. The van der Waals surface area contributed by atoms with Crippen molar-refractivity contribution < 1.29 is 9.26 Å². The molecule has 19 heavy (non-hydrogen) atoms. The Balaban J connectivity index is 1.86. The Morgan fingerprint density at radius 3 is 2.89 bits per heavy atom. The maximum Gasteiger partial charge on any atom is 0.174 e. The first-order valence-electron chi connectivity index (χ1n) is 6.51. The van der Waals surface area contributed by atoms with Gasteiger partial charge in [0.25, 0.3) is 0 Å². The molecular weight excluding hydrogens is 240 g/mol. The van der Waals surface area contributed by atoms with Crippen molar-refractivity contribution >= 4 is 0 Å². The first-order chi connectivity index (χ1) is 9.13. The van der Waals surface area contributed by atoms with Crippen LogP contribution in [0.1, 0.15) is 30.9 Å². The zero-order valence-electron chi connectivity index (χ0n) is 11.6. The molecule has 1 aromatic heterocycles. The summed E-state index contributed by atoms with van der Waals surface area (Å²) >= 11 is 0. The highest BCUT2D eigenvalue weighted by Crippen LogP contribution is 2.14. The molecule has 0 amide bonds. The lowest BCUT2D eigenvalue weighted by Gasteiger charge is -2.04. The second-order valence-electron chi connectivity index (χ2n) is 4.93. The molecule has 0 aliphatic heterocycles. The monoisotopic (exact) mass is 260 g/mol. The van der Waals surface area contributed by atoms with E-state index in [0.717, 1.165) is 17.2 Å². The van der Waals surface area contributed by atoms with Crippen LogP contribution in [0.4, 0.5) is 0 Å². The molecule has 0 bridgehead atoms. The van der Waals surface area contributed by atoms with Crippen molar-refractivity contribution in [2.75, 3.05) is 0 Å². The zero-order valence-corrected chi connectivity index (χ0v) is 11.6. The molecule has 0 fully saturated rings. The van der Waals surface area contributed by atoms with Gasteiger partial charge >= 0.3 is 0 Å². The van der Waals surface area contributed by atoms with Crippen molar-refractivity contribution in [3.05, 3.63) is 47.3 Å². The summed E-state index contributed by atoms with van der Waals surface area (Å²) in [7, 11) is 0. The quantitative estimate of drug-likeness (QED) is 0.867. The van der Waals surface area contributed by atoms with Gasteiger partial charge in [-0.25, -0.2) is 0 Å². The summed E-state index contributed by atoms with van der Waals surface area (Å²) in [6.45, 7) is 7.35. The van der Waals surface area contributed by atoms with Gasteiger partial charge in [-0.3, -0.25) is 0 Å². The molecule has 102 valence electrons. The Morgan fingerprint density at radius 1 is 1.32 bits per heavy atom. The number of rotatable bonds is 6. The number of hydrogen-bond donors (Lipinski definition) is 1. The fourth-order valence-corrected chi connectivity index (χ4v) is 1.68. The van der Waals surface area contributed by atoms with Gasteiger partial charge in [-0.2, -0.15) is 0 Å². The molecule has 0 aliphatic carbocycles. The van der Waals surface area contributed by atoms with Gasteiger partial charge in [0, 0.05) is 18.7 Å². The number of nitrogens with one attached hydrogen (secondary N) is 1. The Bertz CT molecular complexity index is 520. The summed E-state index contributed by atoms with van der Waals surface area (Å²) in [6, 6.07) is 10.3. The lowest BCUT2D eigenvalue weighted by molar-refractivity contribution is 0.248. The number of aromatic nitrogens is 1. The third-order valence-corrected chi connectivity index (χ3v) is 2.67. The average Bonchev–Trinajstić information content (AvgIpc) is 2.82. The Morgan fingerprint density at radius 2 is 2.16 bits per heavy atom. The van der Waals surface area contributed by atoms with Gasteiger partial charge in [0.2, 0.25) is 0 Å². The van der Waals surface area contributed by atoms with E-state index in [1.54, 1.807) is 0 Å². The topological polar surface area (TPSA) is 47.3 Å². The number of ether oxygens (including phenoxy) is 1. The molecule has 0 radical (unpaired) electrons. The van der Waals surface area contributed by atoms with Crippen molar-refractivity contribution in [1.82, 2.24) is 10.5 Å². The summed E-state index contributed by atoms with van der Waals surface area (Å²) in [4.78, 5) is 0. The molecular formula is C15H20N2O2. The maximum atomic E-state index is 5.66. The van der Waals surface area contributed by atoms with E-state index < -0.39 is 0 Å². The standard InChI is InChI=1S/C15H20N2O2/c1-11(2)16-9-13-8-15(19-17-13)10-18-14-6-4-5-12(3)7-14/h4-8,11,16H,9-10H2,1-3H3. The van der Waals surface area contributed by atoms with Crippen LogP contribution in [0.15, 0.2) is 34.9 Å². The molecule has 0 spiro atoms. The lowest BCUT2D eigenvalue weighted by atomic mass is 10.2. The fraction of sp³-hybridized carbons (Fsp3) is 0.400. The van der Waals surface area contributed by atoms with E-state index in [2.05, 4.69) is 24.3 Å². The van der Waals surface area contributed by atoms with E-state index >= 15 is 0 Å². The van der Waals surface area contributed by atoms with Gasteiger partial charge in [-0.05, 0) is 24.6 Å². The van der Waals surface area contributed by atoms with Crippen LogP contribution < -0.4 is 10.1 Å². The number of benzene rings is 1. The fourth-order valence-electron chi connectivity index (χ4n) is 1.68. The van der Waals surface area contributed by atoms with Crippen molar-refractivity contribution in [3.8, 4) is 5.75 Å². The van der Waals surface area contributed by atoms with Crippen LogP contribution in [0.3, 0.4) is 0 Å². The minimum atomic E-state index is 0.401. The van der Waals surface area contributed by atoms with Gasteiger partial charge in [0.05, 0.1) is 5.69 Å². The molecule has 2 aromatic rings. The lowest BCUT2D eigenvalue weighted by Crippen LogP contribution is -2.21. The summed E-state index contributed by atoms with van der Waals surface area (Å²) in [5, 5.41) is 7.29. The van der Waals surface area contributed by atoms with Crippen molar-refractivity contribution in [2.45, 2.75) is 40.0 Å². The van der Waals surface area contributed by atoms with Crippen LogP contribution in [0.5, 0.6) is 5.75 Å². The number of hydrogen-bond acceptors (Lipinski definition) is 4. The van der Waals surface area contributed by atoms with E-state index in [9.17, 15) is 0 Å². The minimum absolute atomic E-state index is 0.401. The van der Waals surface area contributed by atoms with Gasteiger partial charge in [0.15, 0.2) is 5.76 Å². The first-order valence-corrected chi connectivity index (χ1v) is 6.51. The van der Waals surface area contributed by atoms with E-state index in [0.29, 0.717) is 19.2 Å². The second kappa shape index (κ2) is 6.38. The maximum absolute atomic E-state index is 5.66. The van der Waals surface area contributed by atoms with Crippen LogP contribution in [0, 0.1) is 6.92 Å². The van der Waals surface area contributed by atoms with Crippen LogP contribution in [-0.4, -0.2) is 11.2 Å². The van der Waals surface area contributed by atoms with Gasteiger partial charge < -0.3 is 14.6 Å². The third-order valence-electron chi connectivity index (χ3n) is 2.67. The average molecular weight is 260 g/mol. The summed E-state index contributed by atoms with van der Waals surface area (Å²) in [6.07, 6.45) is 0. The number of nitrogens with zero attached hydrogens (tertiary/aromatic N) is 1. The highest BCUT2D eigenvalue weighted by atomic mass is 16.5. The molecule has 4 heteroatoms. The van der Waals surface area contributed by atoms with E-state index in [4.69, 9.17) is 9.26 Å². The molecule has 2 rings (SSSR count). The molecule has 1 N–H and O–H groups in total. The molecule has 0 unspecified atom stereocenters. The molecule has 0 saturated carbocycles. The first kappa shape index (κ1) is 13.6. The molecule has 0 aliphatic rings. The largest absolute Gasteiger partial charge is 0.486 e. The predicted octanol–water partition coefficient (Wildman–Crippen LogP) is 3.06. The normalized spacial score (nSPS) is 10.9. The predicted molar refractivity (Wildman–Crippen MR) is 74.0 cm³/mol. The highest BCUT2D eigenvalue weighted by molar-refractivity contribution is 5.27. The van der Waals surface area contributed by atoms with Crippen LogP contribution in [-0.2, 0) is 13.2 Å². The molecule has 1 heterocycles. The molecule has 1 aromatic carbocycles. The van der Waals surface area contributed by atoms with Gasteiger partial charge in [-0.15, -0.1) is 0 Å². The highest BCUT2D eigenvalue weighted by Gasteiger charge is 2.05. The molecule has 0 saturated heterocycles. The van der Waals surface area contributed by atoms with E-state index in [1.807, 2.05) is 37.3 Å². The van der Waals surface area contributed by atoms with E-state index in [1.165, 1.54) is 5.56 Å². The summed E-state index contributed by atoms with van der Waals surface area (Å²) in [5.74, 6) is 1.58. The Kier molecular flexibility index (Phi) is 4.58. The van der Waals surface area contributed by atoms with Gasteiger partial charge in [-0.1, -0.05) is 31.1 Å². The van der Waals surface area contributed by atoms with E-state index in [-0.39, 0.29) is 0 Å².